The van der Waals surface area contributed by atoms with Crippen LogP contribution >= 0.6 is 0 Å². The quantitative estimate of drug-likeness (QED) is 0.508. The number of benzene rings is 1. The molecule has 128 valence electrons. The molecule has 0 aromatic heterocycles. The van der Waals surface area contributed by atoms with Crippen molar-refractivity contribution in [3.63, 3.8) is 0 Å². The molecule has 2 heterocycles. The van der Waals surface area contributed by atoms with E-state index in [2.05, 4.69) is 12.2 Å². The van der Waals surface area contributed by atoms with Gasteiger partial charge >= 0.3 is 5.97 Å². The van der Waals surface area contributed by atoms with Gasteiger partial charge in [0, 0.05) is 42.1 Å². The SMILES string of the molecule is O=C(O)[C@@H]1[C@H]2CC=C[C@@H]2c2cc([N+](=O)[O-])cc3c2N1C[C@H]1CC=C[C@@H]31. The number of allylic oxidation sites excluding steroid dienone is 4. The highest BCUT2D eigenvalue weighted by molar-refractivity contribution is 5.84. The van der Waals surface area contributed by atoms with E-state index in [4.69, 9.17) is 0 Å². The van der Waals surface area contributed by atoms with Crippen LogP contribution in [0, 0.1) is 22.0 Å². The molecular formula is C19H18N2O4. The van der Waals surface area contributed by atoms with Crippen LogP contribution in [0.15, 0.2) is 36.4 Å². The van der Waals surface area contributed by atoms with Crippen LogP contribution in [-0.4, -0.2) is 28.6 Å². The number of carboxylic acid groups (broad SMARTS) is 1. The predicted octanol–water partition coefficient (Wildman–Crippen LogP) is 3.20. The van der Waals surface area contributed by atoms with E-state index < -0.39 is 12.0 Å². The van der Waals surface area contributed by atoms with Crippen molar-refractivity contribution in [2.45, 2.75) is 30.7 Å². The van der Waals surface area contributed by atoms with E-state index in [9.17, 15) is 20.0 Å². The van der Waals surface area contributed by atoms with E-state index in [-0.39, 0.29) is 28.4 Å². The van der Waals surface area contributed by atoms with Gasteiger partial charge in [-0.25, -0.2) is 4.79 Å². The van der Waals surface area contributed by atoms with Crippen LogP contribution in [0.2, 0.25) is 0 Å². The first-order valence-electron chi connectivity index (χ1n) is 8.71. The van der Waals surface area contributed by atoms with Crippen molar-refractivity contribution in [3.8, 4) is 0 Å². The summed E-state index contributed by atoms with van der Waals surface area (Å²) in [4.78, 5) is 25.3. The number of aliphatic carboxylic acids is 1. The Morgan fingerprint density at radius 2 is 1.84 bits per heavy atom. The number of rotatable bonds is 2. The second-order valence-corrected chi connectivity index (χ2v) is 7.47. The van der Waals surface area contributed by atoms with Crippen molar-refractivity contribution in [1.29, 1.82) is 0 Å². The van der Waals surface area contributed by atoms with Crippen LogP contribution in [0.4, 0.5) is 11.4 Å². The molecule has 0 saturated heterocycles. The largest absolute Gasteiger partial charge is 0.480 e. The first kappa shape index (κ1) is 14.7. The standard InChI is InChI=1S/C19H18N2O4/c22-19(23)18-14-6-2-5-13(14)16-8-11(21(24)25)7-15-12-4-1-3-10(12)9-20(18)17(15)16/h1-2,4-5,7-8,10,12-14,18H,3,6,9H2,(H,22,23)/t10-,12-,13+,14+,18+/m1/s1. The number of carboxylic acids is 1. The number of fused-ring (bicyclic) bond motifs is 4. The normalized spacial score (nSPS) is 33.8. The minimum Gasteiger partial charge on any atom is -0.480 e. The van der Waals surface area contributed by atoms with Gasteiger partial charge in [-0.3, -0.25) is 10.1 Å². The molecule has 0 fully saturated rings. The van der Waals surface area contributed by atoms with E-state index in [1.807, 2.05) is 17.1 Å². The molecule has 6 nitrogen and oxygen atoms in total. The average molecular weight is 338 g/mol. The van der Waals surface area contributed by atoms with Gasteiger partial charge in [-0.2, -0.15) is 0 Å². The van der Waals surface area contributed by atoms with Crippen molar-refractivity contribution in [2.24, 2.45) is 11.8 Å². The molecule has 0 spiro atoms. The van der Waals surface area contributed by atoms with Crippen molar-refractivity contribution in [1.82, 2.24) is 0 Å². The monoisotopic (exact) mass is 338 g/mol. The maximum absolute atomic E-state index is 12.1. The highest BCUT2D eigenvalue weighted by Crippen LogP contribution is 2.55. The molecule has 2 aliphatic carbocycles. The second-order valence-electron chi connectivity index (χ2n) is 7.47. The fourth-order valence-corrected chi connectivity index (χ4v) is 5.33. The van der Waals surface area contributed by atoms with Crippen molar-refractivity contribution in [2.75, 3.05) is 11.4 Å². The lowest BCUT2D eigenvalue weighted by atomic mass is 9.72. The number of nitrogens with zero attached hydrogens (tertiary/aromatic N) is 2. The zero-order valence-corrected chi connectivity index (χ0v) is 13.5. The average Bonchev–Trinajstić information content (AvgIpc) is 3.23. The van der Waals surface area contributed by atoms with Gasteiger partial charge in [0.1, 0.15) is 6.04 Å². The summed E-state index contributed by atoms with van der Waals surface area (Å²) in [6.45, 7) is 0.704. The van der Waals surface area contributed by atoms with Crippen molar-refractivity contribution < 1.29 is 14.8 Å². The summed E-state index contributed by atoms with van der Waals surface area (Å²) in [6, 6.07) is 2.76. The zero-order valence-electron chi connectivity index (χ0n) is 13.5. The van der Waals surface area contributed by atoms with Gasteiger partial charge < -0.3 is 10.0 Å². The number of anilines is 1. The lowest BCUT2D eigenvalue weighted by Crippen LogP contribution is -2.54. The number of non-ortho nitro benzene ring substituents is 1. The summed E-state index contributed by atoms with van der Waals surface area (Å²) in [6.07, 6.45) is 9.92. The Labute approximate surface area is 144 Å². The minimum absolute atomic E-state index is 0.0482. The Hall–Kier alpha value is -2.63. The maximum Gasteiger partial charge on any atom is 0.326 e. The molecule has 4 aliphatic rings. The molecule has 2 aliphatic heterocycles. The highest BCUT2D eigenvalue weighted by Gasteiger charge is 2.50. The van der Waals surface area contributed by atoms with Crippen LogP contribution in [0.5, 0.6) is 0 Å². The van der Waals surface area contributed by atoms with Crippen LogP contribution in [0.3, 0.4) is 0 Å². The number of hydrogen-bond acceptors (Lipinski definition) is 4. The minimum atomic E-state index is -0.793. The number of nitro groups is 1. The van der Waals surface area contributed by atoms with Gasteiger partial charge in [-0.15, -0.1) is 0 Å². The third kappa shape index (κ3) is 1.88. The number of hydrogen-bond donors (Lipinski definition) is 1. The Kier molecular flexibility index (Phi) is 2.90. The van der Waals surface area contributed by atoms with Crippen molar-refractivity contribution >= 4 is 17.3 Å². The summed E-state index contributed by atoms with van der Waals surface area (Å²) in [5.74, 6) is -0.437. The fourth-order valence-electron chi connectivity index (χ4n) is 5.33. The van der Waals surface area contributed by atoms with Crippen LogP contribution in [0.25, 0.3) is 0 Å². The van der Waals surface area contributed by atoms with Gasteiger partial charge in [0.2, 0.25) is 0 Å². The first-order valence-corrected chi connectivity index (χ1v) is 8.71. The zero-order chi connectivity index (χ0) is 17.3. The van der Waals surface area contributed by atoms with Gasteiger partial charge in [-0.05, 0) is 29.9 Å². The lowest BCUT2D eigenvalue weighted by molar-refractivity contribution is -0.385. The van der Waals surface area contributed by atoms with E-state index in [1.165, 1.54) is 0 Å². The third-order valence-corrected chi connectivity index (χ3v) is 6.30. The molecule has 1 N–H and O–H groups in total. The second kappa shape index (κ2) is 4.94. The molecule has 0 radical (unpaired) electrons. The van der Waals surface area contributed by atoms with Crippen molar-refractivity contribution in [3.05, 3.63) is 57.7 Å². The molecular weight excluding hydrogens is 320 g/mol. The van der Waals surface area contributed by atoms with Gasteiger partial charge in [-0.1, -0.05) is 24.3 Å². The van der Waals surface area contributed by atoms with E-state index >= 15 is 0 Å². The van der Waals surface area contributed by atoms with E-state index in [0.29, 0.717) is 18.9 Å². The lowest BCUT2D eigenvalue weighted by Gasteiger charge is -2.49. The van der Waals surface area contributed by atoms with Crippen LogP contribution in [0.1, 0.15) is 35.8 Å². The summed E-state index contributed by atoms with van der Waals surface area (Å²) < 4.78 is 0. The maximum atomic E-state index is 12.1. The molecule has 0 unspecified atom stereocenters. The summed E-state index contributed by atoms with van der Waals surface area (Å²) >= 11 is 0. The number of nitro benzene ring substituents is 1. The Bertz CT molecular complexity index is 842. The van der Waals surface area contributed by atoms with Gasteiger partial charge in [0.05, 0.1) is 4.92 Å². The summed E-state index contributed by atoms with van der Waals surface area (Å²) in [5.41, 5.74) is 2.90. The first-order chi connectivity index (χ1) is 12.1. The fraction of sp³-hybridized carbons (Fsp3) is 0.421. The molecule has 1 aromatic rings. The van der Waals surface area contributed by atoms with Crippen LogP contribution < -0.4 is 4.90 Å². The third-order valence-electron chi connectivity index (χ3n) is 6.30. The van der Waals surface area contributed by atoms with E-state index in [0.717, 1.165) is 23.2 Å². The predicted molar refractivity (Wildman–Crippen MR) is 91.8 cm³/mol. The molecule has 0 bridgehead atoms. The summed E-state index contributed by atoms with van der Waals surface area (Å²) in [7, 11) is 0. The molecule has 0 saturated carbocycles. The molecule has 25 heavy (non-hydrogen) atoms. The number of carbonyl (C=O) groups is 1. The molecule has 6 heteroatoms. The highest BCUT2D eigenvalue weighted by atomic mass is 16.6. The topological polar surface area (TPSA) is 83.7 Å². The Balaban J connectivity index is 1.79. The van der Waals surface area contributed by atoms with Gasteiger partial charge in [0.25, 0.3) is 5.69 Å². The molecule has 5 atom stereocenters. The Morgan fingerprint density at radius 3 is 2.56 bits per heavy atom. The molecule has 0 amide bonds. The van der Waals surface area contributed by atoms with Gasteiger partial charge in [0.15, 0.2) is 0 Å². The Morgan fingerprint density at radius 1 is 1.16 bits per heavy atom. The molecule has 5 rings (SSSR count). The summed E-state index contributed by atoms with van der Waals surface area (Å²) in [5, 5.41) is 21.4. The smallest absolute Gasteiger partial charge is 0.326 e. The van der Waals surface area contributed by atoms with E-state index in [1.54, 1.807) is 12.1 Å². The molecule has 1 aromatic carbocycles. The van der Waals surface area contributed by atoms with Crippen LogP contribution in [-0.2, 0) is 4.79 Å².